The molecule has 28 heavy (non-hydrogen) atoms. The Hall–Kier alpha value is -1.19. The van der Waals surface area contributed by atoms with Crippen LogP contribution in [0.4, 0.5) is 0 Å². The molecule has 0 aromatic heterocycles. The number of hydrogen-bond acceptors (Lipinski definition) is 5. The van der Waals surface area contributed by atoms with E-state index in [4.69, 9.17) is 4.74 Å². The zero-order valence-electron chi connectivity index (χ0n) is 16.2. The van der Waals surface area contributed by atoms with E-state index in [2.05, 4.69) is 15.4 Å². The van der Waals surface area contributed by atoms with E-state index in [-0.39, 0.29) is 35.2 Å². The van der Waals surface area contributed by atoms with Crippen LogP contribution in [-0.2, 0) is 26.1 Å². The summed E-state index contributed by atoms with van der Waals surface area (Å²) >= 11 is 0. The van der Waals surface area contributed by atoms with Crippen LogP contribution in [0.1, 0.15) is 31.2 Å². The first-order valence-electron chi connectivity index (χ1n) is 9.54. The lowest BCUT2D eigenvalue weighted by Crippen LogP contribution is -2.47. The summed E-state index contributed by atoms with van der Waals surface area (Å²) in [5, 5.41) is 6.43. The first kappa shape index (κ1) is 23.1. The molecule has 1 aromatic rings. The standard InChI is InChI=1S/C19H29N3O4S.ClH/c1-26-10-9-22-27(24,25)17-7-4-5-15(11-17)12-21-18(23)19-8-3-2-6-16(19)13-20-14-19;/h4-5,7,11,16,20,22H,2-3,6,8-10,12-14H2,1H3,(H,21,23);1H/t16-,19+;/m0./s1. The van der Waals surface area contributed by atoms with Crippen molar-refractivity contribution in [3.05, 3.63) is 29.8 Å². The van der Waals surface area contributed by atoms with Crippen molar-refractivity contribution >= 4 is 28.3 Å². The molecule has 0 unspecified atom stereocenters. The number of rotatable bonds is 8. The monoisotopic (exact) mass is 431 g/mol. The summed E-state index contributed by atoms with van der Waals surface area (Å²) < 4.78 is 32.0. The maximum absolute atomic E-state index is 12.9. The average Bonchev–Trinajstić information content (AvgIpc) is 3.12. The number of methoxy groups -OCH3 is 1. The first-order chi connectivity index (χ1) is 13.0. The van der Waals surface area contributed by atoms with Crippen LogP contribution in [0, 0.1) is 11.3 Å². The predicted octanol–water partition coefficient (Wildman–Crippen LogP) is 1.43. The maximum Gasteiger partial charge on any atom is 0.240 e. The van der Waals surface area contributed by atoms with Gasteiger partial charge in [-0.2, -0.15) is 0 Å². The van der Waals surface area contributed by atoms with Crippen LogP contribution in [0.3, 0.4) is 0 Å². The van der Waals surface area contributed by atoms with E-state index in [1.807, 2.05) is 6.07 Å². The highest BCUT2D eigenvalue weighted by Crippen LogP contribution is 2.43. The second kappa shape index (κ2) is 10.0. The molecular weight excluding hydrogens is 402 g/mol. The van der Waals surface area contributed by atoms with Crippen LogP contribution in [-0.4, -0.2) is 47.7 Å². The average molecular weight is 432 g/mol. The number of fused-ring (bicyclic) bond motifs is 1. The minimum atomic E-state index is -3.58. The van der Waals surface area contributed by atoms with Gasteiger partial charge in [0, 0.05) is 26.7 Å². The summed E-state index contributed by atoms with van der Waals surface area (Å²) in [7, 11) is -2.06. The minimum absolute atomic E-state index is 0. The van der Waals surface area contributed by atoms with Gasteiger partial charge in [0.15, 0.2) is 0 Å². The van der Waals surface area contributed by atoms with Gasteiger partial charge in [-0.05, 0) is 43.0 Å². The molecule has 1 saturated heterocycles. The Balaban J connectivity index is 0.00000280. The van der Waals surface area contributed by atoms with Crippen molar-refractivity contribution in [2.75, 3.05) is 33.4 Å². The van der Waals surface area contributed by atoms with Crippen LogP contribution in [0.25, 0.3) is 0 Å². The number of nitrogens with one attached hydrogen (secondary N) is 3. The maximum atomic E-state index is 12.9. The van der Waals surface area contributed by atoms with Crippen molar-refractivity contribution in [1.29, 1.82) is 0 Å². The molecule has 2 atom stereocenters. The van der Waals surface area contributed by atoms with Crippen LogP contribution in [0.2, 0.25) is 0 Å². The number of sulfonamides is 1. The van der Waals surface area contributed by atoms with E-state index in [0.29, 0.717) is 19.1 Å². The number of benzene rings is 1. The largest absolute Gasteiger partial charge is 0.383 e. The Kier molecular flexibility index (Phi) is 8.27. The fourth-order valence-corrected chi connectivity index (χ4v) is 5.32. The lowest BCUT2D eigenvalue weighted by Gasteiger charge is -2.37. The third-order valence-electron chi connectivity index (χ3n) is 5.75. The van der Waals surface area contributed by atoms with Crippen molar-refractivity contribution in [1.82, 2.24) is 15.4 Å². The molecule has 1 heterocycles. The Bertz CT molecular complexity index is 774. The molecule has 7 nitrogen and oxygen atoms in total. The molecule has 1 aliphatic heterocycles. The van der Waals surface area contributed by atoms with Gasteiger partial charge in [0.05, 0.1) is 16.9 Å². The van der Waals surface area contributed by atoms with Crippen molar-refractivity contribution in [2.45, 2.75) is 37.1 Å². The first-order valence-corrected chi connectivity index (χ1v) is 11.0. The Morgan fingerprint density at radius 1 is 1.36 bits per heavy atom. The van der Waals surface area contributed by atoms with Gasteiger partial charge in [-0.1, -0.05) is 25.0 Å². The third kappa shape index (κ3) is 5.04. The molecule has 2 aliphatic rings. The summed E-state index contributed by atoms with van der Waals surface area (Å²) in [6.45, 7) is 2.51. The highest BCUT2D eigenvalue weighted by Gasteiger charge is 2.49. The Morgan fingerprint density at radius 2 is 2.18 bits per heavy atom. The molecule has 1 aromatic carbocycles. The zero-order valence-corrected chi connectivity index (χ0v) is 17.8. The van der Waals surface area contributed by atoms with Crippen molar-refractivity contribution < 1.29 is 17.9 Å². The molecule has 1 aliphatic carbocycles. The van der Waals surface area contributed by atoms with Crippen molar-refractivity contribution in [2.24, 2.45) is 11.3 Å². The lowest BCUT2D eigenvalue weighted by atomic mass is 9.67. The SMILES string of the molecule is COCCNS(=O)(=O)c1cccc(CNC(=O)[C@@]23CCCC[C@H]2CNC3)c1.Cl. The molecule has 3 rings (SSSR count). The van der Waals surface area contributed by atoms with Gasteiger partial charge < -0.3 is 15.4 Å². The molecule has 0 bridgehead atoms. The van der Waals surface area contributed by atoms with Gasteiger partial charge in [0.1, 0.15) is 0 Å². The summed E-state index contributed by atoms with van der Waals surface area (Å²) in [5.41, 5.74) is 0.469. The number of halogens is 1. The van der Waals surface area contributed by atoms with Gasteiger partial charge in [-0.15, -0.1) is 12.4 Å². The molecule has 3 N–H and O–H groups in total. The second-order valence-corrected chi connectivity index (χ2v) is 9.22. The molecule has 1 amide bonds. The topological polar surface area (TPSA) is 96.5 Å². The van der Waals surface area contributed by atoms with Gasteiger partial charge in [0.25, 0.3) is 0 Å². The summed E-state index contributed by atoms with van der Waals surface area (Å²) in [6, 6.07) is 6.69. The molecule has 9 heteroatoms. The van der Waals surface area contributed by atoms with E-state index in [1.54, 1.807) is 18.2 Å². The Morgan fingerprint density at radius 3 is 2.96 bits per heavy atom. The summed E-state index contributed by atoms with van der Waals surface area (Å²) in [6.07, 6.45) is 4.31. The highest BCUT2D eigenvalue weighted by atomic mass is 35.5. The van der Waals surface area contributed by atoms with Gasteiger partial charge in [-0.25, -0.2) is 13.1 Å². The Labute approximate surface area is 173 Å². The van der Waals surface area contributed by atoms with Crippen LogP contribution < -0.4 is 15.4 Å². The van der Waals surface area contributed by atoms with Gasteiger partial charge in [0.2, 0.25) is 15.9 Å². The van der Waals surface area contributed by atoms with E-state index in [9.17, 15) is 13.2 Å². The molecule has 0 radical (unpaired) electrons. The van der Waals surface area contributed by atoms with Crippen molar-refractivity contribution in [3.63, 3.8) is 0 Å². The quantitative estimate of drug-likeness (QED) is 0.541. The molecule has 158 valence electrons. The number of ether oxygens (including phenoxy) is 1. The molecule has 1 saturated carbocycles. The lowest BCUT2D eigenvalue weighted by molar-refractivity contribution is -0.134. The summed E-state index contributed by atoms with van der Waals surface area (Å²) in [5.74, 6) is 0.492. The molecule has 2 fully saturated rings. The van der Waals surface area contributed by atoms with E-state index in [0.717, 1.165) is 37.9 Å². The summed E-state index contributed by atoms with van der Waals surface area (Å²) in [4.78, 5) is 13.1. The van der Waals surface area contributed by atoms with E-state index < -0.39 is 10.0 Å². The number of amides is 1. The highest BCUT2D eigenvalue weighted by molar-refractivity contribution is 7.89. The number of hydrogen-bond donors (Lipinski definition) is 3. The second-order valence-electron chi connectivity index (χ2n) is 7.45. The normalized spacial score (nSPS) is 24.2. The fraction of sp³-hybridized carbons (Fsp3) is 0.632. The van der Waals surface area contributed by atoms with Crippen LogP contribution >= 0.6 is 12.4 Å². The van der Waals surface area contributed by atoms with Gasteiger partial charge in [-0.3, -0.25) is 4.79 Å². The van der Waals surface area contributed by atoms with E-state index >= 15 is 0 Å². The smallest absolute Gasteiger partial charge is 0.240 e. The van der Waals surface area contributed by atoms with Crippen LogP contribution in [0.15, 0.2) is 29.2 Å². The zero-order chi connectivity index (χ0) is 19.3. The van der Waals surface area contributed by atoms with Crippen LogP contribution in [0.5, 0.6) is 0 Å². The molecule has 0 spiro atoms. The minimum Gasteiger partial charge on any atom is -0.383 e. The van der Waals surface area contributed by atoms with Gasteiger partial charge >= 0.3 is 0 Å². The number of carbonyl (C=O) groups is 1. The number of carbonyl (C=O) groups excluding carboxylic acids is 1. The fourth-order valence-electron chi connectivity index (χ4n) is 4.23. The predicted molar refractivity (Wildman–Crippen MR) is 110 cm³/mol. The van der Waals surface area contributed by atoms with Crippen molar-refractivity contribution in [3.8, 4) is 0 Å². The third-order valence-corrected chi connectivity index (χ3v) is 7.21. The van der Waals surface area contributed by atoms with E-state index in [1.165, 1.54) is 13.5 Å². The molecular formula is C19H30ClN3O4S.